The number of nitrogens with one attached hydrogen (secondary N) is 1. The maximum atomic E-state index is 13.1. The molecule has 0 spiro atoms. The molecule has 2 N–H and O–H groups in total. The quantitative estimate of drug-likeness (QED) is 0.746. The second-order valence-corrected chi connectivity index (χ2v) is 8.53. The Morgan fingerprint density at radius 3 is 2.72 bits per heavy atom. The van der Waals surface area contributed by atoms with Crippen molar-refractivity contribution in [3.63, 3.8) is 0 Å². The fourth-order valence-electron chi connectivity index (χ4n) is 4.39. The summed E-state index contributed by atoms with van der Waals surface area (Å²) in [5, 5.41) is 14.0. The number of H-pyrrole nitrogens is 1. The van der Waals surface area contributed by atoms with E-state index in [0.717, 1.165) is 32.6 Å². The molecule has 4 rings (SSSR count). The molecule has 0 saturated carbocycles. The van der Waals surface area contributed by atoms with Gasteiger partial charge >= 0.3 is 0 Å². The van der Waals surface area contributed by atoms with Crippen molar-refractivity contribution in [2.24, 2.45) is 0 Å². The third-order valence-corrected chi connectivity index (χ3v) is 6.17. The topological polar surface area (TPSA) is 97.2 Å². The van der Waals surface area contributed by atoms with Gasteiger partial charge in [0.05, 0.1) is 5.60 Å². The van der Waals surface area contributed by atoms with Gasteiger partial charge in [-0.25, -0.2) is 9.50 Å². The molecule has 2 aliphatic rings. The molecule has 0 unspecified atom stereocenters. The summed E-state index contributed by atoms with van der Waals surface area (Å²) in [6, 6.07) is 1.43. The minimum absolute atomic E-state index is 0.148. The van der Waals surface area contributed by atoms with Crippen LogP contribution < -0.4 is 5.56 Å². The lowest BCUT2D eigenvalue weighted by Gasteiger charge is -2.38. The van der Waals surface area contributed by atoms with Crippen molar-refractivity contribution in [3.05, 3.63) is 33.9 Å². The first-order valence-electron chi connectivity index (χ1n) is 10.3. The summed E-state index contributed by atoms with van der Waals surface area (Å²) in [5.74, 6) is -0.148. The zero-order valence-electron chi connectivity index (χ0n) is 17.2. The lowest BCUT2D eigenvalue weighted by molar-refractivity contribution is -0.0179. The summed E-state index contributed by atoms with van der Waals surface area (Å²) in [4.78, 5) is 36.0. The highest BCUT2D eigenvalue weighted by Crippen LogP contribution is 2.25. The molecule has 29 heavy (non-hydrogen) atoms. The number of hydrogen-bond acceptors (Lipinski definition) is 6. The molecule has 4 heterocycles. The molecule has 9 heteroatoms. The van der Waals surface area contributed by atoms with E-state index in [4.69, 9.17) is 0 Å². The molecule has 1 atom stereocenters. The minimum atomic E-state index is -0.767. The van der Waals surface area contributed by atoms with Gasteiger partial charge in [-0.15, -0.1) is 0 Å². The molecular formula is C20H30N6O3. The van der Waals surface area contributed by atoms with Crippen LogP contribution in [-0.2, 0) is 0 Å². The van der Waals surface area contributed by atoms with Crippen molar-refractivity contribution in [3.8, 4) is 0 Å². The summed E-state index contributed by atoms with van der Waals surface area (Å²) in [7, 11) is 2.12. The Balaban J connectivity index is 1.46. The second kappa shape index (κ2) is 7.89. The van der Waals surface area contributed by atoms with Crippen LogP contribution in [0.2, 0.25) is 0 Å². The highest BCUT2D eigenvalue weighted by atomic mass is 16.3. The number of fused-ring (bicyclic) bond motifs is 1. The van der Waals surface area contributed by atoms with E-state index in [1.54, 1.807) is 18.0 Å². The number of amides is 1. The van der Waals surface area contributed by atoms with E-state index in [2.05, 4.69) is 26.9 Å². The molecule has 1 amide bonds. The number of aromatic amines is 1. The van der Waals surface area contributed by atoms with Crippen LogP contribution in [0.15, 0.2) is 17.1 Å². The van der Waals surface area contributed by atoms with Gasteiger partial charge in [0.25, 0.3) is 11.5 Å². The van der Waals surface area contributed by atoms with E-state index in [1.165, 1.54) is 10.6 Å². The first kappa shape index (κ1) is 20.1. The Hall–Kier alpha value is -2.23. The molecule has 158 valence electrons. The van der Waals surface area contributed by atoms with Crippen molar-refractivity contribution >= 4 is 11.6 Å². The highest BCUT2D eigenvalue weighted by molar-refractivity contribution is 5.99. The SMILES string of the molecule is Cc1cc(=O)n2[nH]cc(C(=O)N3CCC[C@@](O)(CN4CCN(C)CC4)CC3)c2n1. The molecule has 2 aromatic heterocycles. The maximum absolute atomic E-state index is 13.1. The Labute approximate surface area is 169 Å². The number of aromatic nitrogens is 3. The smallest absolute Gasteiger partial charge is 0.272 e. The average molecular weight is 402 g/mol. The van der Waals surface area contributed by atoms with Crippen LogP contribution in [-0.4, -0.2) is 98.8 Å². The van der Waals surface area contributed by atoms with Crippen LogP contribution in [0.1, 0.15) is 35.3 Å². The molecule has 2 fully saturated rings. The molecule has 2 aliphatic heterocycles. The molecule has 0 aromatic carbocycles. The molecular weight excluding hydrogens is 372 g/mol. The number of nitrogens with zero attached hydrogens (tertiary/aromatic N) is 5. The van der Waals surface area contributed by atoms with Crippen LogP contribution in [0.4, 0.5) is 0 Å². The number of likely N-dealkylation sites (tertiary alicyclic amines) is 1. The van der Waals surface area contributed by atoms with Gasteiger partial charge in [-0.3, -0.25) is 19.6 Å². The van der Waals surface area contributed by atoms with Crippen LogP contribution >= 0.6 is 0 Å². The van der Waals surface area contributed by atoms with Crippen molar-refractivity contribution in [1.29, 1.82) is 0 Å². The van der Waals surface area contributed by atoms with Gasteiger partial charge in [0.15, 0.2) is 5.65 Å². The minimum Gasteiger partial charge on any atom is -0.388 e. The number of carbonyl (C=O) groups excluding carboxylic acids is 1. The number of aryl methyl sites for hydroxylation is 1. The van der Waals surface area contributed by atoms with Gasteiger partial charge < -0.3 is 14.9 Å². The van der Waals surface area contributed by atoms with Gasteiger partial charge in [0.2, 0.25) is 0 Å². The molecule has 9 nitrogen and oxygen atoms in total. The largest absolute Gasteiger partial charge is 0.388 e. The Kier molecular flexibility index (Phi) is 5.46. The van der Waals surface area contributed by atoms with Crippen LogP contribution in [0, 0.1) is 6.92 Å². The first-order valence-corrected chi connectivity index (χ1v) is 10.3. The predicted octanol–water partition coefficient (Wildman–Crippen LogP) is -0.0644. The number of hydrogen-bond donors (Lipinski definition) is 2. The Morgan fingerprint density at radius 1 is 1.21 bits per heavy atom. The van der Waals surface area contributed by atoms with Gasteiger partial charge in [-0.1, -0.05) is 0 Å². The number of rotatable bonds is 3. The van der Waals surface area contributed by atoms with Crippen LogP contribution in [0.3, 0.4) is 0 Å². The van der Waals surface area contributed by atoms with E-state index in [0.29, 0.717) is 49.4 Å². The fraction of sp³-hybridized carbons (Fsp3) is 0.650. The highest BCUT2D eigenvalue weighted by Gasteiger charge is 2.34. The Bertz CT molecular complexity index is 945. The number of aliphatic hydroxyl groups is 1. The zero-order valence-corrected chi connectivity index (χ0v) is 17.2. The van der Waals surface area contributed by atoms with Crippen LogP contribution in [0.25, 0.3) is 5.65 Å². The third-order valence-electron chi connectivity index (χ3n) is 6.17. The van der Waals surface area contributed by atoms with E-state index in [1.807, 2.05) is 0 Å². The lowest BCUT2D eigenvalue weighted by atomic mass is 9.94. The number of carbonyl (C=O) groups is 1. The number of β-amino-alcohol motifs (C(OH)–C–C–N with tert-alkyl or cyclic N) is 1. The summed E-state index contributed by atoms with van der Waals surface area (Å²) in [6.45, 7) is 7.47. The molecule has 0 radical (unpaired) electrons. The predicted molar refractivity (Wildman–Crippen MR) is 109 cm³/mol. The monoisotopic (exact) mass is 402 g/mol. The summed E-state index contributed by atoms with van der Waals surface area (Å²) in [6.07, 6.45) is 3.55. The maximum Gasteiger partial charge on any atom is 0.272 e. The summed E-state index contributed by atoms with van der Waals surface area (Å²) < 4.78 is 1.29. The van der Waals surface area contributed by atoms with Crippen molar-refractivity contribution in [2.45, 2.75) is 31.8 Å². The average Bonchev–Trinajstić information content (AvgIpc) is 3.00. The van der Waals surface area contributed by atoms with Gasteiger partial charge in [0, 0.05) is 63.8 Å². The normalized spacial score (nSPS) is 24.7. The molecule has 0 aliphatic carbocycles. The number of piperazine rings is 1. The summed E-state index contributed by atoms with van der Waals surface area (Å²) in [5.41, 5.74) is 0.342. The molecule has 2 saturated heterocycles. The van der Waals surface area contributed by atoms with Gasteiger partial charge in [0.1, 0.15) is 5.56 Å². The molecule has 2 aromatic rings. The summed E-state index contributed by atoms with van der Waals surface area (Å²) >= 11 is 0. The van der Waals surface area contributed by atoms with E-state index < -0.39 is 5.60 Å². The van der Waals surface area contributed by atoms with Crippen molar-refractivity contribution in [1.82, 2.24) is 29.3 Å². The van der Waals surface area contributed by atoms with E-state index in [-0.39, 0.29) is 11.5 Å². The van der Waals surface area contributed by atoms with Crippen LogP contribution in [0.5, 0.6) is 0 Å². The third kappa shape index (κ3) is 4.22. The Morgan fingerprint density at radius 2 is 1.97 bits per heavy atom. The first-order chi connectivity index (χ1) is 13.8. The fourth-order valence-corrected chi connectivity index (χ4v) is 4.39. The van der Waals surface area contributed by atoms with Gasteiger partial charge in [-0.2, -0.15) is 0 Å². The second-order valence-electron chi connectivity index (χ2n) is 8.53. The van der Waals surface area contributed by atoms with E-state index in [9.17, 15) is 14.7 Å². The van der Waals surface area contributed by atoms with Crippen molar-refractivity contribution in [2.75, 3.05) is 52.9 Å². The molecule has 0 bridgehead atoms. The van der Waals surface area contributed by atoms with Gasteiger partial charge in [-0.05, 0) is 33.2 Å². The standard InChI is InChI=1S/C20H30N6O3/c1-15-12-17(27)26-18(22-15)16(13-21-26)19(28)25-6-3-4-20(29,5-7-25)14-24-10-8-23(2)9-11-24/h12-13,21,29H,3-11,14H2,1-2H3/t20-/m0/s1. The lowest BCUT2D eigenvalue weighted by Crippen LogP contribution is -2.51. The number of likely N-dealkylation sites (N-methyl/N-ethyl adjacent to an activating group) is 1. The zero-order chi connectivity index (χ0) is 20.6. The van der Waals surface area contributed by atoms with Crippen molar-refractivity contribution < 1.29 is 9.90 Å². The van der Waals surface area contributed by atoms with E-state index >= 15 is 0 Å².